The molecule has 0 aliphatic rings. The Hall–Kier alpha value is -2.13. The van der Waals surface area contributed by atoms with Crippen LogP contribution in [0.5, 0.6) is 0 Å². The Morgan fingerprint density at radius 1 is 1.38 bits per heavy atom. The van der Waals surface area contributed by atoms with Gasteiger partial charge in [0.05, 0.1) is 22.9 Å². The van der Waals surface area contributed by atoms with Crippen LogP contribution in [0.1, 0.15) is 20.1 Å². The second-order valence-electron chi connectivity index (χ2n) is 4.26. The van der Waals surface area contributed by atoms with Crippen molar-refractivity contribution in [3.63, 3.8) is 0 Å². The fourth-order valence-electron chi connectivity index (χ4n) is 1.76. The number of carbonyl (C=O) groups is 1. The van der Waals surface area contributed by atoms with Crippen molar-refractivity contribution in [1.82, 2.24) is 0 Å². The first-order chi connectivity index (χ1) is 10.2. The van der Waals surface area contributed by atoms with Crippen LogP contribution in [-0.2, 0) is 11.3 Å². The molecule has 0 aliphatic heterocycles. The van der Waals surface area contributed by atoms with Gasteiger partial charge in [-0.15, -0.1) is 11.3 Å². The van der Waals surface area contributed by atoms with E-state index in [-0.39, 0.29) is 5.91 Å². The monoisotopic (exact) mass is 300 g/mol. The minimum absolute atomic E-state index is 0.143. The largest absolute Gasteiger partial charge is 0.380 e. The lowest BCUT2D eigenvalue weighted by atomic mass is 10.2. The van der Waals surface area contributed by atoms with Crippen LogP contribution in [-0.4, -0.2) is 19.6 Å². The Kier molecular flexibility index (Phi) is 5.52. The molecule has 0 fully saturated rings. The van der Waals surface area contributed by atoms with Crippen LogP contribution < -0.4 is 11.1 Å². The van der Waals surface area contributed by atoms with Gasteiger partial charge < -0.3 is 15.8 Å². The van der Waals surface area contributed by atoms with Gasteiger partial charge in [-0.05, 0) is 29.8 Å². The van der Waals surface area contributed by atoms with E-state index < -0.39 is 0 Å². The molecule has 108 valence electrons. The third kappa shape index (κ3) is 4.43. The highest BCUT2D eigenvalue weighted by atomic mass is 32.1. The van der Waals surface area contributed by atoms with Crippen LogP contribution in [0.2, 0.25) is 0 Å². The van der Waals surface area contributed by atoms with Crippen molar-refractivity contribution in [3.05, 3.63) is 51.7 Å². The summed E-state index contributed by atoms with van der Waals surface area (Å²) in [6, 6.07) is 11.2. The summed E-state index contributed by atoms with van der Waals surface area (Å²) >= 11 is 1.35. The molecule has 1 aromatic carbocycles. The molecule has 0 aliphatic carbocycles. The van der Waals surface area contributed by atoms with Crippen molar-refractivity contribution in [3.8, 4) is 11.8 Å². The lowest BCUT2D eigenvalue weighted by Crippen LogP contribution is -2.10. The Morgan fingerprint density at radius 2 is 2.24 bits per heavy atom. The van der Waals surface area contributed by atoms with Crippen molar-refractivity contribution in [1.29, 1.82) is 0 Å². The van der Waals surface area contributed by atoms with E-state index in [1.165, 1.54) is 11.3 Å². The van der Waals surface area contributed by atoms with Crippen LogP contribution >= 0.6 is 11.3 Å². The van der Waals surface area contributed by atoms with E-state index in [2.05, 4.69) is 17.2 Å². The van der Waals surface area contributed by atoms with Gasteiger partial charge in [0.15, 0.2) is 0 Å². The van der Waals surface area contributed by atoms with E-state index in [1.807, 2.05) is 30.3 Å². The predicted octanol–water partition coefficient (Wildman–Crippen LogP) is 2.46. The summed E-state index contributed by atoms with van der Waals surface area (Å²) in [6.45, 7) is 0.827. The molecule has 5 heteroatoms. The maximum atomic E-state index is 12.2. The number of ether oxygens (including phenoxy) is 1. The van der Waals surface area contributed by atoms with Gasteiger partial charge in [-0.3, -0.25) is 4.79 Å². The molecule has 0 radical (unpaired) electrons. The maximum Gasteiger partial charge on any atom is 0.265 e. The first-order valence-corrected chi connectivity index (χ1v) is 7.22. The Balaban J connectivity index is 2.07. The Bertz CT molecular complexity index is 683. The number of amides is 1. The van der Waals surface area contributed by atoms with E-state index in [4.69, 9.17) is 10.5 Å². The number of nitrogens with two attached hydrogens (primary N) is 1. The molecule has 4 nitrogen and oxygen atoms in total. The van der Waals surface area contributed by atoms with E-state index >= 15 is 0 Å². The van der Waals surface area contributed by atoms with E-state index in [1.54, 1.807) is 13.2 Å². The summed E-state index contributed by atoms with van der Waals surface area (Å²) in [5.41, 5.74) is 7.08. The van der Waals surface area contributed by atoms with E-state index in [0.29, 0.717) is 18.0 Å². The standard InChI is InChI=1S/C16H16N2O2S/c1-20-11-12-4-2-5-13(10-12)18-16(19)15-8-7-14(21-15)6-3-9-17/h2,4-5,7-8,10H,9,11,17H2,1H3,(H,18,19). The number of nitrogens with one attached hydrogen (secondary N) is 1. The average molecular weight is 300 g/mol. The highest BCUT2D eigenvalue weighted by molar-refractivity contribution is 7.14. The lowest BCUT2D eigenvalue weighted by molar-refractivity contribution is 0.103. The quantitative estimate of drug-likeness (QED) is 0.853. The fourth-order valence-corrected chi connectivity index (χ4v) is 2.54. The molecule has 3 N–H and O–H groups in total. The van der Waals surface area contributed by atoms with Crippen molar-refractivity contribution >= 4 is 22.9 Å². The third-order valence-corrected chi connectivity index (χ3v) is 3.64. The van der Waals surface area contributed by atoms with Crippen molar-refractivity contribution in [2.75, 3.05) is 19.0 Å². The number of anilines is 1. The fraction of sp³-hybridized carbons (Fsp3) is 0.188. The molecule has 0 unspecified atom stereocenters. The zero-order valence-corrected chi connectivity index (χ0v) is 12.5. The molecule has 2 aromatic rings. The number of rotatable bonds is 4. The number of benzene rings is 1. The SMILES string of the molecule is COCc1cccc(NC(=O)c2ccc(C#CCN)s2)c1. The molecule has 2 rings (SSSR count). The van der Waals surface area contributed by atoms with Crippen LogP contribution in [0.4, 0.5) is 5.69 Å². The topological polar surface area (TPSA) is 64.3 Å². The van der Waals surface area contributed by atoms with Gasteiger partial charge in [-0.25, -0.2) is 0 Å². The first kappa shape index (κ1) is 15.3. The van der Waals surface area contributed by atoms with Gasteiger partial charge in [-0.1, -0.05) is 24.0 Å². The summed E-state index contributed by atoms with van der Waals surface area (Å²) in [5.74, 6) is 5.54. The summed E-state index contributed by atoms with van der Waals surface area (Å²) < 4.78 is 5.08. The maximum absolute atomic E-state index is 12.2. The summed E-state index contributed by atoms with van der Waals surface area (Å²) in [6.07, 6.45) is 0. The molecule has 21 heavy (non-hydrogen) atoms. The molecule has 0 saturated heterocycles. The van der Waals surface area contributed by atoms with Crippen LogP contribution in [0.25, 0.3) is 0 Å². The molecule has 0 spiro atoms. The summed E-state index contributed by atoms with van der Waals surface area (Å²) in [5, 5.41) is 2.87. The second kappa shape index (κ2) is 7.60. The third-order valence-electron chi connectivity index (χ3n) is 2.64. The van der Waals surface area contributed by atoms with Crippen molar-refractivity contribution in [2.24, 2.45) is 5.73 Å². The van der Waals surface area contributed by atoms with E-state index in [9.17, 15) is 4.79 Å². The van der Waals surface area contributed by atoms with Crippen LogP contribution in [0, 0.1) is 11.8 Å². The van der Waals surface area contributed by atoms with Gasteiger partial charge in [0, 0.05) is 12.8 Å². The molecular formula is C16H16N2O2S. The van der Waals surface area contributed by atoms with Gasteiger partial charge in [0.1, 0.15) is 0 Å². The number of hydrogen-bond acceptors (Lipinski definition) is 4. The minimum Gasteiger partial charge on any atom is -0.380 e. The highest BCUT2D eigenvalue weighted by Gasteiger charge is 2.09. The van der Waals surface area contributed by atoms with Gasteiger partial charge >= 0.3 is 0 Å². The normalized spacial score (nSPS) is 9.81. The predicted molar refractivity (Wildman–Crippen MR) is 85.4 cm³/mol. The van der Waals surface area contributed by atoms with Gasteiger partial charge in [0.25, 0.3) is 5.91 Å². The highest BCUT2D eigenvalue weighted by Crippen LogP contribution is 2.18. The summed E-state index contributed by atoms with van der Waals surface area (Å²) in [4.78, 5) is 13.6. The smallest absolute Gasteiger partial charge is 0.265 e. The molecule has 0 bridgehead atoms. The van der Waals surface area contributed by atoms with Crippen LogP contribution in [0.15, 0.2) is 36.4 Å². The number of methoxy groups -OCH3 is 1. The number of carbonyl (C=O) groups excluding carboxylic acids is 1. The molecule has 1 aromatic heterocycles. The minimum atomic E-state index is -0.143. The Morgan fingerprint density at radius 3 is 3.00 bits per heavy atom. The first-order valence-electron chi connectivity index (χ1n) is 6.41. The average Bonchev–Trinajstić information content (AvgIpc) is 2.95. The lowest BCUT2D eigenvalue weighted by Gasteiger charge is -2.06. The van der Waals surface area contributed by atoms with E-state index in [0.717, 1.165) is 16.1 Å². The van der Waals surface area contributed by atoms with Crippen molar-refractivity contribution < 1.29 is 9.53 Å². The van der Waals surface area contributed by atoms with Gasteiger partial charge in [0.2, 0.25) is 0 Å². The Labute approximate surface area is 127 Å². The zero-order chi connectivity index (χ0) is 15.1. The number of thiophene rings is 1. The molecule has 1 heterocycles. The summed E-state index contributed by atoms with van der Waals surface area (Å²) in [7, 11) is 1.64. The van der Waals surface area contributed by atoms with Gasteiger partial charge in [-0.2, -0.15) is 0 Å². The molecule has 0 atom stereocenters. The number of hydrogen-bond donors (Lipinski definition) is 2. The molecule has 0 saturated carbocycles. The molecule has 1 amide bonds. The van der Waals surface area contributed by atoms with Crippen molar-refractivity contribution in [2.45, 2.75) is 6.61 Å². The zero-order valence-electron chi connectivity index (χ0n) is 11.7. The van der Waals surface area contributed by atoms with Crippen LogP contribution in [0.3, 0.4) is 0 Å². The second-order valence-corrected chi connectivity index (χ2v) is 5.34. The molecular weight excluding hydrogens is 284 g/mol.